The van der Waals surface area contributed by atoms with Gasteiger partial charge in [-0.2, -0.15) is 4.31 Å². The van der Waals surface area contributed by atoms with Gasteiger partial charge in [0.25, 0.3) is 0 Å². The molecule has 0 fully saturated rings. The van der Waals surface area contributed by atoms with Gasteiger partial charge in [0.05, 0.1) is 6.61 Å². The first-order valence-corrected chi connectivity index (χ1v) is 8.85. The van der Waals surface area contributed by atoms with E-state index in [4.69, 9.17) is 4.74 Å². The van der Waals surface area contributed by atoms with E-state index in [1.807, 2.05) is 32.4 Å². The number of ether oxygens (including phenoxy) is 1. The van der Waals surface area contributed by atoms with E-state index >= 15 is 0 Å². The second-order valence-corrected chi connectivity index (χ2v) is 6.69. The van der Waals surface area contributed by atoms with Gasteiger partial charge in [0.2, 0.25) is 10.0 Å². The third-order valence-electron chi connectivity index (χ3n) is 3.32. The van der Waals surface area contributed by atoms with Crippen molar-refractivity contribution >= 4 is 10.0 Å². The van der Waals surface area contributed by atoms with Gasteiger partial charge in [0.1, 0.15) is 4.90 Å². The molecular weight excluding hydrogens is 290 g/mol. The van der Waals surface area contributed by atoms with E-state index in [0.29, 0.717) is 37.7 Å². The molecule has 1 aromatic heterocycles. The van der Waals surface area contributed by atoms with Crippen LogP contribution in [0.3, 0.4) is 0 Å². The number of hydrogen-bond acceptors (Lipinski definition) is 4. The van der Waals surface area contributed by atoms with Crippen molar-refractivity contribution < 1.29 is 13.2 Å². The number of hydrogen-bond donors (Lipinski definition) is 1. The summed E-state index contributed by atoms with van der Waals surface area (Å²) in [5.41, 5.74) is 0.955. The monoisotopic (exact) mass is 317 g/mol. The lowest BCUT2D eigenvalue weighted by molar-refractivity contribution is 0.135. The number of nitrogens with one attached hydrogen (secondary N) is 1. The SMILES string of the molecule is CCNCc1cc(S(=O)(=O)N(CC)CCOCC)cn1C. The van der Waals surface area contributed by atoms with Crippen molar-refractivity contribution in [3.63, 3.8) is 0 Å². The summed E-state index contributed by atoms with van der Waals surface area (Å²) in [6, 6.07) is 1.74. The molecular formula is C14H27N3O3S. The van der Waals surface area contributed by atoms with Gasteiger partial charge in [-0.05, 0) is 19.5 Å². The number of aryl methyl sites for hydroxylation is 1. The van der Waals surface area contributed by atoms with Gasteiger partial charge in [-0.15, -0.1) is 0 Å². The summed E-state index contributed by atoms with van der Waals surface area (Å²) in [4.78, 5) is 0.344. The van der Waals surface area contributed by atoms with Gasteiger partial charge in [0.15, 0.2) is 0 Å². The summed E-state index contributed by atoms with van der Waals surface area (Å²) in [7, 11) is -1.59. The van der Waals surface area contributed by atoms with Gasteiger partial charge in [-0.25, -0.2) is 8.42 Å². The molecule has 0 radical (unpaired) electrons. The minimum atomic E-state index is -3.45. The van der Waals surface area contributed by atoms with E-state index in [1.54, 1.807) is 12.3 Å². The van der Waals surface area contributed by atoms with Gasteiger partial charge in [0, 0.05) is 45.2 Å². The molecule has 0 unspecified atom stereocenters. The van der Waals surface area contributed by atoms with Crippen molar-refractivity contribution in [1.82, 2.24) is 14.2 Å². The first kappa shape index (κ1) is 18.2. The lowest BCUT2D eigenvalue weighted by atomic mass is 10.4. The average molecular weight is 317 g/mol. The van der Waals surface area contributed by atoms with Crippen LogP contribution in [-0.2, 0) is 28.4 Å². The zero-order valence-corrected chi connectivity index (χ0v) is 14.2. The van der Waals surface area contributed by atoms with Gasteiger partial charge in [-0.1, -0.05) is 13.8 Å². The Labute approximate surface area is 128 Å². The fourth-order valence-corrected chi connectivity index (χ4v) is 3.58. The van der Waals surface area contributed by atoms with Crippen LogP contribution in [0.1, 0.15) is 26.5 Å². The van der Waals surface area contributed by atoms with Gasteiger partial charge < -0.3 is 14.6 Å². The van der Waals surface area contributed by atoms with Crippen LogP contribution in [0.25, 0.3) is 0 Å². The van der Waals surface area contributed by atoms with Crippen molar-refractivity contribution in [3.8, 4) is 0 Å². The Morgan fingerprint density at radius 2 is 2.05 bits per heavy atom. The Bertz CT molecular complexity index is 526. The maximum Gasteiger partial charge on any atom is 0.244 e. The molecule has 1 aromatic rings. The summed E-state index contributed by atoms with van der Waals surface area (Å²) in [6.07, 6.45) is 1.67. The Morgan fingerprint density at radius 1 is 1.33 bits per heavy atom. The Kier molecular flexibility index (Phi) is 7.37. The highest BCUT2D eigenvalue weighted by Crippen LogP contribution is 2.18. The van der Waals surface area contributed by atoms with Gasteiger partial charge in [-0.3, -0.25) is 0 Å². The summed E-state index contributed by atoms with van der Waals surface area (Å²) in [5.74, 6) is 0. The number of rotatable bonds is 10. The number of aromatic nitrogens is 1. The van der Waals surface area contributed by atoms with Crippen LogP contribution < -0.4 is 5.32 Å². The molecule has 6 nitrogen and oxygen atoms in total. The van der Waals surface area contributed by atoms with Crippen molar-refractivity contribution in [2.24, 2.45) is 7.05 Å². The molecule has 0 aromatic carbocycles. The number of nitrogens with zero attached hydrogens (tertiary/aromatic N) is 2. The summed E-state index contributed by atoms with van der Waals surface area (Å²) in [6.45, 7) is 9.10. The predicted molar refractivity (Wildman–Crippen MR) is 83.7 cm³/mol. The van der Waals surface area contributed by atoms with Crippen molar-refractivity contribution in [2.75, 3.05) is 32.8 Å². The quantitative estimate of drug-likeness (QED) is 0.658. The average Bonchev–Trinajstić information content (AvgIpc) is 2.83. The Hall–Kier alpha value is -0.890. The van der Waals surface area contributed by atoms with E-state index in [2.05, 4.69) is 5.32 Å². The van der Waals surface area contributed by atoms with Crippen LogP contribution in [0.4, 0.5) is 0 Å². The molecule has 1 N–H and O–H groups in total. The zero-order valence-electron chi connectivity index (χ0n) is 13.4. The topological polar surface area (TPSA) is 63.6 Å². The highest BCUT2D eigenvalue weighted by molar-refractivity contribution is 7.89. The molecule has 0 atom stereocenters. The first-order chi connectivity index (χ1) is 9.97. The molecule has 0 saturated carbocycles. The fraction of sp³-hybridized carbons (Fsp3) is 0.714. The molecule has 1 rings (SSSR count). The largest absolute Gasteiger partial charge is 0.380 e. The third-order valence-corrected chi connectivity index (χ3v) is 5.26. The summed E-state index contributed by atoms with van der Waals surface area (Å²) >= 11 is 0. The van der Waals surface area contributed by atoms with Crippen LogP contribution in [-0.4, -0.2) is 50.1 Å². The molecule has 21 heavy (non-hydrogen) atoms. The molecule has 0 aliphatic rings. The van der Waals surface area contributed by atoms with Crippen molar-refractivity contribution in [1.29, 1.82) is 0 Å². The van der Waals surface area contributed by atoms with Crippen LogP contribution in [0.2, 0.25) is 0 Å². The Balaban J connectivity index is 2.89. The summed E-state index contributed by atoms with van der Waals surface area (Å²) < 4.78 is 33.8. The molecule has 0 bridgehead atoms. The van der Waals surface area contributed by atoms with E-state index in [0.717, 1.165) is 12.2 Å². The molecule has 0 aliphatic carbocycles. The van der Waals surface area contributed by atoms with Crippen LogP contribution in [0.15, 0.2) is 17.2 Å². The normalized spacial score (nSPS) is 12.2. The minimum Gasteiger partial charge on any atom is -0.380 e. The molecule has 1 heterocycles. The van der Waals surface area contributed by atoms with Crippen LogP contribution in [0, 0.1) is 0 Å². The van der Waals surface area contributed by atoms with Crippen molar-refractivity contribution in [2.45, 2.75) is 32.2 Å². The third kappa shape index (κ3) is 4.81. The highest BCUT2D eigenvalue weighted by atomic mass is 32.2. The molecule has 122 valence electrons. The van der Waals surface area contributed by atoms with Crippen molar-refractivity contribution in [3.05, 3.63) is 18.0 Å². The highest BCUT2D eigenvalue weighted by Gasteiger charge is 2.24. The maximum absolute atomic E-state index is 12.6. The second-order valence-electron chi connectivity index (χ2n) is 4.75. The number of likely N-dealkylation sites (N-methyl/N-ethyl adjacent to an activating group) is 1. The first-order valence-electron chi connectivity index (χ1n) is 7.41. The smallest absolute Gasteiger partial charge is 0.244 e. The molecule has 7 heteroatoms. The van der Waals surface area contributed by atoms with E-state index < -0.39 is 10.0 Å². The lowest BCUT2D eigenvalue weighted by Gasteiger charge is -2.19. The Morgan fingerprint density at radius 3 is 2.62 bits per heavy atom. The molecule has 0 amide bonds. The predicted octanol–water partition coefficient (Wildman–Crippen LogP) is 1.18. The van der Waals surface area contributed by atoms with Crippen LogP contribution >= 0.6 is 0 Å². The van der Waals surface area contributed by atoms with Gasteiger partial charge >= 0.3 is 0 Å². The van der Waals surface area contributed by atoms with E-state index in [-0.39, 0.29) is 0 Å². The fourth-order valence-electron chi connectivity index (χ4n) is 2.05. The molecule has 0 spiro atoms. The standard InChI is InChI=1S/C14H27N3O3S/c1-5-15-11-13-10-14(12-16(13)4)21(18,19)17(6-2)8-9-20-7-3/h10,12,15H,5-9,11H2,1-4H3. The number of sulfonamides is 1. The molecule has 0 saturated heterocycles. The maximum atomic E-state index is 12.6. The minimum absolute atomic E-state index is 0.344. The van der Waals surface area contributed by atoms with Crippen LogP contribution in [0.5, 0.6) is 0 Å². The summed E-state index contributed by atoms with van der Waals surface area (Å²) in [5, 5.41) is 3.21. The van der Waals surface area contributed by atoms with E-state index in [9.17, 15) is 8.42 Å². The molecule has 0 aliphatic heterocycles. The second kappa shape index (κ2) is 8.53. The zero-order chi connectivity index (χ0) is 15.9. The van der Waals surface area contributed by atoms with E-state index in [1.165, 1.54) is 4.31 Å². The lowest BCUT2D eigenvalue weighted by Crippen LogP contribution is -2.33.